The maximum absolute atomic E-state index is 5.74. The van der Waals surface area contributed by atoms with E-state index in [1.807, 2.05) is 0 Å². The van der Waals surface area contributed by atoms with E-state index >= 15 is 0 Å². The van der Waals surface area contributed by atoms with Crippen LogP contribution in [0.3, 0.4) is 0 Å². The predicted octanol–water partition coefficient (Wildman–Crippen LogP) is 3.16. The third-order valence-corrected chi connectivity index (χ3v) is 5.16. The Morgan fingerprint density at radius 1 is 1.21 bits per heavy atom. The van der Waals surface area contributed by atoms with Gasteiger partial charge in [-0.25, -0.2) is 0 Å². The van der Waals surface area contributed by atoms with Crippen LogP contribution in [-0.2, 0) is 12.8 Å². The van der Waals surface area contributed by atoms with E-state index in [-0.39, 0.29) is 0 Å². The zero-order chi connectivity index (χ0) is 13.5. The SMILES string of the molecule is CCc1ccc(CC(CC2CCSCC2)NN)cc1. The van der Waals surface area contributed by atoms with Crippen molar-refractivity contribution in [2.75, 3.05) is 11.5 Å². The Labute approximate surface area is 121 Å². The van der Waals surface area contributed by atoms with Gasteiger partial charge in [0.2, 0.25) is 0 Å². The minimum atomic E-state index is 0.417. The summed E-state index contributed by atoms with van der Waals surface area (Å²) in [6.07, 6.45) is 6.09. The predicted molar refractivity (Wildman–Crippen MR) is 85.3 cm³/mol. The van der Waals surface area contributed by atoms with Crippen molar-refractivity contribution in [1.29, 1.82) is 0 Å². The smallest absolute Gasteiger partial charge is 0.0253 e. The molecule has 1 heterocycles. The first-order valence-electron chi connectivity index (χ1n) is 7.43. The first-order chi connectivity index (χ1) is 9.31. The number of hydrogen-bond donors (Lipinski definition) is 2. The zero-order valence-corrected chi connectivity index (χ0v) is 12.7. The summed E-state index contributed by atoms with van der Waals surface area (Å²) in [5.74, 6) is 9.25. The Hall–Kier alpha value is -0.510. The number of hydrogen-bond acceptors (Lipinski definition) is 3. The van der Waals surface area contributed by atoms with Gasteiger partial charge in [0.1, 0.15) is 0 Å². The highest BCUT2D eigenvalue weighted by atomic mass is 32.2. The number of nitrogens with one attached hydrogen (secondary N) is 1. The summed E-state index contributed by atoms with van der Waals surface area (Å²) >= 11 is 2.09. The van der Waals surface area contributed by atoms with Crippen molar-refractivity contribution in [1.82, 2.24) is 5.43 Å². The molecule has 1 atom stereocenters. The summed E-state index contributed by atoms with van der Waals surface area (Å²) in [6.45, 7) is 2.19. The fourth-order valence-electron chi connectivity index (χ4n) is 2.79. The molecule has 106 valence electrons. The van der Waals surface area contributed by atoms with Crippen LogP contribution in [0.2, 0.25) is 0 Å². The van der Waals surface area contributed by atoms with Crippen molar-refractivity contribution in [2.45, 2.75) is 45.1 Å². The molecule has 3 N–H and O–H groups in total. The first-order valence-corrected chi connectivity index (χ1v) is 8.59. The van der Waals surface area contributed by atoms with E-state index in [1.54, 1.807) is 0 Å². The fourth-order valence-corrected chi connectivity index (χ4v) is 3.99. The van der Waals surface area contributed by atoms with Crippen LogP contribution in [0.25, 0.3) is 0 Å². The molecule has 3 heteroatoms. The summed E-state index contributed by atoms with van der Waals surface area (Å²) in [5.41, 5.74) is 5.82. The summed E-state index contributed by atoms with van der Waals surface area (Å²) in [7, 11) is 0. The molecule has 0 saturated carbocycles. The zero-order valence-electron chi connectivity index (χ0n) is 11.9. The molecule has 2 nitrogen and oxygen atoms in total. The van der Waals surface area contributed by atoms with E-state index in [9.17, 15) is 0 Å². The molecule has 1 aliphatic heterocycles. The number of benzene rings is 1. The van der Waals surface area contributed by atoms with Crippen LogP contribution in [0.15, 0.2) is 24.3 Å². The molecule has 0 aromatic heterocycles. The van der Waals surface area contributed by atoms with Crippen molar-refractivity contribution in [3.63, 3.8) is 0 Å². The highest BCUT2D eigenvalue weighted by Crippen LogP contribution is 2.27. The van der Waals surface area contributed by atoms with Gasteiger partial charge < -0.3 is 0 Å². The van der Waals surface area contributed by atoms with Crippen LogP contribution < -0.4 is 11.3 Å². The lowest BCUT2D eigenvalue weighted by atomic mass is 9.91. The highest BCUT2D eigenvalue weighted by Gasteiger charge is 2.18. The third kappa shape index (κ3) is 4.83. The van der Waals surface area contributed by atoms with Crippen LogP contribution in [0.4, 0.5) is 0 Å². The lowest BCUT2D eigenvalue weighted by Crippen LogP contribution is -2.38. The Kier molecular flexibility index (Phi) is 6.21. The van der Waals surface area contributed by atoms with E-state index < -0.39 is 0 Å². The van der Waals surface area contributed by atoms with Crippen LogP contribution >= 0.6 is 11.8 Å². The number of rotatable bonds is 6. The number of aryl methyl sites for hydroxylation is 1. The quantitative estimate of drug-likeness (QED) is 0.620. The maximum Gasteiger partial charge on any atom is 0.0253 e. The average Bonchev–Trinajstić information content (AvgIpc) is 2.48. The second-order valence-corrected chi connectivity index (χ2v) is 6.75. The van der Waals surface area contributed by atoms with Gasteiger partial charge in [0.05, 0.1) is 0 Å². The second-order valence-electron chi connectivity index (χ2n) is 5.53. The van der Waals surface area contributed by atoms with Gasteiger partial charge in [0.15, 0.2) is 0 Å². The first kappa shape index (κ1) is 14.9. The molecule has 1 aromatic rings. The van der Waals surface area contributed by atoms with Crippen molar-refractivity contribution in [3.05, 3.63) is 35.4 Å². The molecule has 1 unspecified atom stereocenters. The standard InChI is InChI=1S/C16H26N2S/c1-2-13-3-5-14(6-4-13)11-16(18-17)12-15-7-9-19-10-8-15/h3-6,15-16,18H,2,7-12,17H2,1H3. The fraction of sp³-hybridized carbons (Fsp3) is 0.625. The van der Waals surface area contributed by atoms with Gasteiger partial charge >= 0.3 is 0 Å². The van der Waals surface area contributed by atoms with Gasteiger partial charge in [-0.2, -0.15) is 11.8 Å². The van der Waals surface area contributed by atoms with E-state index in [0.29, 0.717) is 6.04 Å². The lowest BCUT2D eigenvalue weighted by Gasteiger charge is -2.26. The van der Waals surface area contributed by atoms with E-state index in [2.05, 4.69) is 48.4 Å². The topological polar surface area (TPSA) is 38.0 Å². The molecule has 1 aliphatic rings. The van der Waals surface area contributed by atoms with Crippen molar-refractivity contribution >= 4 is 11.8 Å². The summed E-state index contributed by atoms with van der Waals surface area (Å²) < 4.78 is 0. The van der Waals surface area contributed by atoms with Crippen LogP contribution in [0.5, 0.6) is 0 Å². The summed E-state index contributed by atoms with van der Waals surface area (Å²) in [6, 6.07) is 9.39. The molecule has 0 spiro atoms. The lowest BCUT2D eigenvalue weighted by molar-refractivity contribution is 0.365. The summed E-state index contributed by atoms with van der Waals surface area (Å²) in [5, 5.41) is 0. The molecule has 0 bridgehead atoms. The maximum atomic E-state index is 5.74. The Morgan fingerprint density at radius 3 is 2.42 bits per heavy atom. The second kappa shape index (κ2) is 7.93. The third-order valence-electron chi connectivity index (χ3n) is 4.11. The van der Waals surface area contributed by atoms with Crippen molar-refractivity contribution < 1.29 is 0 Å². The molecule has 1 aromatic carbocycles. The van der Waals surface area contributed by atoms with Gasteiger partial charge in [0.25, 0.3) is 0 Å². The molecule has 1 fully saturated rings. The average molecular weight is 278 g/mol. The van der Waals surface area contributed by atoms with Crippen molar-refractivity contribution in [3.8, 4) is 0 Å². The molecule has 0 radical (unpaired) electrons. The molecular weight excluding hydrogens is 252 g/mol. The van der Waals surface area contributed by atoms with E-state index in [1.165, 1.54) is 41.9 Å². The monoisotopic (exact) mass is 278 g/mol. The Balaban J connectivity index is 1.86. The van der Waals surface area contributed by atoms with Gasteiger partial charge in [-0.3, -0.25) is 11.3 Å². The number of nitrogens with two attached hydrogens (primary N) is 1. The van der Waals surface area contributed by atoms with Crippen LogP contribution in [0, 0.1) is 5.92 Å². The van der Waals surface area contributed by atoms with Crippen molar-refractivity contribution in [2.24, 2.45) is 11.8 Å². The number of thioether (sulfide) groups is 1. The van der Waals surface area contributed by atoms with Gasteiger partial charge in [-0.05, 0) is 60.7 Å². The largest absolute Gasteiger partial charge is 0.271 e. The minimum absolute atomic E-state index is 0.417. The van der Waals surface area contributed by atoms with Crippen LogP contribution in [0.1, 0.15) is 37.3 Å². The minimum Gasteiger partial charge on any atom is -0.271 e. The molecule has 19 heavy (non-hydrogen) atoms. The number of hydrazine groups is 1. The van der Waals surface area contributed by atoms with Gasteiger partial charge in [0, 0.05) is 6.04 Å². The molecule has 1 saturated heterocycles. The highest BCUT2D eigenvalue weighted by molar-refractivity contribution is 7.99. The Bertz CT molecular complexity index is 358. The molecule has 2 rings (SSSR count). The van der Waals surface area contributed by atoms with E-state index in [0.717, 1.165) is 18.8 Å². The van der Waals surface area contributed by atoms with Gasteiger partial charge in [-0.15, -0.1) is 0 Å². The molecule has 0 amide bonds. The molecule has 0 aliphatic carbocycles. The van der Waals surface area contributed by atoms with Gasteiger partial charge in [-0.1, -0.05) is 31.2 Å². The summed E-state index contributed by atoms with van der Waals surface area (Å²) in [4.78, 5) is 0. The van der Waals surface area contributed by atoms with E-state index in [4.69, 9.17) is 5.84 Å². The normalized spacial score (nSPS) is 18.4. The van der Waals surface area contributed by atoms with Crippen LogP contribution in [-0.4, -0.2) is 17.5 Å². The Morgan fingerprint density at radius 2 is 1.84 bits per heavy atom. The molecular formula is C16H26N2S.